The van der Waals surface area contributed by atoms with Gasteiger partial charge in [0.25, 0.3) is 6.43 Å². The standard InChI is InChI=1S/C16H14ClF2N3/c1-3-22-16-14(9(2)21-22)12(15(18)19)8-13(20-16)10-4-6-11(17)7-5-10/h4-8,15H,3H2,1-2H3. The number of hydrogen-bond acceptors (Lipinski definition) is 2. The lowest BCUT2D eigenvalue weighted by atomic mass is 10.1. The summed E-state index contributed by atoms with van der Waals surface area (Å²) in [5.74, 6) is 0. The fraction of sp³-hybridized carbons (Fsp3) is 0.250. The second kappa shape index (κ2) is 5.65. The van der Waals surface area contributed by atoms with Crippen LogP contribution in [0.1, 0.15) is 24.6 Å². The second-order valence-corrected chi connectivity index (χ2v) is 5.44. The van der Waals surface area contributed by atoms with E-state index in [9.17, 15) is 8.78 Å². The average molecular weight is 322 g/mol. The molecule has 6 heteroatoms. The number of aromatic nitrogens is 3. The van der Waals surface area contributed by atoms with Gasteiger partial charge in [0.15, 0.2) is 5.65 Å². The smallest absolute Gasteiger partial charge is 0.247 e. The Morgan fingerprint density at radius 2 is 1.91 bits per heavy atom. The number of nitrogens with zero attached hydrogens (tertiary/aromatic N) is 3. The third-order valence-electron chi connectivity index (χ3n) is 3.58. The summed E-state index contributed by atoms with van der Waals surface area (Å²) >= 11 is 5.87. The van der Waals surface area contributed by atoms with Gasteiger partial charge in [-0.1, -0.05) is 23.7 Å². The summed E-state index contributed by atoms with van der Waals surface area (Å²) in [6, 6.07) is 8.40. The molecule has 3 rings (SSSR count). The van der Waals surface area contributed by atoms with Crippen LogP contribution < -0.4 is 0 Å². The van der Waals surface area contributed by atoms with Gasteiger partial charge in [-0.2, -0.15) is 5.10 Å². The zero-order chi connectivity index (χ0) is 15.9. The highest BCUT2D eigenvalue weighted by molar-refractivity contribution is 6.30. The lowest BCUT2D eigenvalue weighted by Gasteiger charge is -2.08. The molecule has 0 unspecified atom stereocenters. The number of pyridine rings is 1. The molecular formula is C16H14ClF2N3. The van der Waals surface area contributed by atoms with Crippen molar-refractivity contribution >= 4 is 22.6 Å². The Morgan fingerprint density at radius 3 is 2.50 bits per heavy atom. The minimum absolute atomic E-state index is 0.0350. The topological polar surface area (TPSA) is 30.7 Å². The van der Waals surface area contributed by atoms with Crippen molar-refractivity contribution < 1.29 is 8.78 Å². The zero-order valence-corrected chi connectivity index (χ0v) is 12.9. The molecule has 0 aliphatic heterocycles. The van der Waals surface area contributed by atoms with Crippen LogP contribution in [0.4, 0.5) is 8.78 Å². The molecular weight excluding hydrogens is 308 g/mol. The Kier molecular flexibility index (Phi) is 3.83. The molecule has 0 spiro atoms. The zero-order valence-electron chi connectivity index (χ0n) is 12.1. The van der Waals surface area contributed by atoms with E-state index < -0.39 is 6.43 Å². The summed E-state index contributed by atoms with van der Waals surface area (Å²) in [6.07, 6.45) is -2.58. The molecule has 0 saturated heterocycles. The minimum atomic E-state index is -2.58. The van der Waals surface area contributed by atoms with Crippen LogP contribution in [0.2, 0.25) is 5.02 Å². The van der Waals surface area contributed by atoms with E-state index in [1.165, 1.54) is 6.07 Å². The summed E-state index contributed by atoms with van der Waals surface area (Å²) in [7, 11) is 0. The highest BCUT2D eigenvalue weighted by Crippen LogP contribution is 2.33. The third-order valence-corrected chi connectivity index (χ3v) is 3.83. The van der Waals surface area contributed by atoms with Crippen molar-refractivity contribution in [1.82, 2.24) is 14.8 Å². The van der Waals surface area contributed by atoms with Crippen molar-refractivity contribution in [3.63, 3.8) is 0 Å². The Labute approximate surface area is 131 Å². The monoisotopic (exact) mass is 321 g/mol. The van der Waals surface area contributed by atoms with Crippen molar-refractivity contribution in [2.45, 2.75) is 26.8 Å². The van der Waals surface area contributed by atoms with Crippen molar-refractivity contribution in [3.8, 4) is 11.3 Å². The number of alkyl halides is 2. The minimum Gasteiger partial charge on any atom is -0.247 e. The van der Waals surface area contributed by atoms with Gasteiger partial charge < -0.3 is 0 Å². The molecule has 0 fully saturated rings. The summed E-state index contributed by atoms with van der Waals surface area (Å²) in [5.41, 5.74) is 2.26. The van der Waals surface area contributed by atoms with Gasteiger partial charge in [-0.05, 0) is 32.0 Å². The van der Waals surface area contributed by atoms with Crippen molar-refractivity contribution in [1.29, 1.82) is 0 Å². The van der Waals surface area contributed by atoms with Crippen LogP contribution in [0, 0.1) is 6.92 Å². The highest BCUT2D eigenvalue weighted by Gasteiger charge is 2.20. The molecule has 3 aromatic rings. The molecule has 0 saturated carbocycles. The molecule has 114 valence electrons. The van der Waals surface area contributed by atoms with Crippen molar-refractivity contribution in [3.05, 3.63) is 46.6 Å². The molecule has 0 amide bonds. The van der Waals surface area contributed by atoms with Crippen LogP contribution in [0.5, 0.6) is 0 Å². The summed E-state index contributed by atoms with van der Waals surface area (Å²) in [5, 5.41) is 5.33. The van der Waals surface area contributed by atoms with E-state index in [1.807, 2.05) is 6.92 Å². The number of benzene rings is 1. The van der Waals surface area contributed by atoms with Crippen molar-refractivity contribution in [2.75, 3.05) is 0 Å². The summed E-state index contributed by atoms with van der Waals surface area (Å²) in [6.45, 7) is 4.21. The fourth-order valence-corrected chi connectivity index (χ4v) is 2.67. The van der Waals surface area contributed by atoms with Gasteiger partial charge in [0.2, 0.25) is 0 Å². The quantitative estimate of drug-likeness (QED) is 0.678. The molecule has 0 N–H and O–H groups in total. The van der Waals surface area contributed by atoms with Gasteiger partial charge in [-0.25, -0.2) is 18.4 Å². The molecule has 22 heavy (non-hydrogen) atoms. The second-order valence-electron chi connectivity index (χ2n) is 5.00. The number of aryl methyl sites for hydroxylation is 2. The first-order valence-electron chi connectivity index (χ1n) is 6.93. The van der Waals surface area contributed by atoms with Gasteiger partial charge >= 0.3 is 0 Å². The van der Waals surface area contributed by atoms with Gasteiger partial charge in [0, 0.05) is 22.7 Å². The van der Waals surface area contributed by atoms with Crippen LogP contribution in [0.3, 0.4) is 0 Å². The maximum absolute atomic E-state index is 13.5. The molecule has 1 aromatic carbocycles. The predicted octanol–water partition coefficient (Wildman–Crippen LogP) is 5.02. The molecule has 0 radical (unpaired) electrons. The largest absolute Gasteiger partial charge is 0.264 e. The first kappa shape index (κ1) is 14.9. The summed E-state index contributed by atoms with van der Waals surface area (Å²) in [4.78, 5) is 4.53. The van der Waals surface area contributed by atoms with Crippen LogP contribution in [0.15, 0.2) is 30.3 Å². The van der Waals surface area contributed by atoms with E-state index in [-0.39, 0.29) is 5.56 Å². The number of fused-ring (bicyclic) bond motifs is 1. The average Bonchev–Trinajstić information content (AvgIpc) is 2.83. The number of hydrogen-bond donors (Lipinski definition) is 0. The molecule has 0 aliphatic carbocycles. The van der Waals surface area contributed by atoms with Crippen LogP contribution >= 0.6 is 11.6 Å². The Hall–Kier alpha value is -2.01. The molecule has 2 heterocycles. The Morgan fingerprint density at radius 1 is 1.23 bits per heavy atom. The van der Waals surface area contributed by atoms with E-state index >= 15 is 0 Å². The van der Waals surface area contributed by atoms with E-state index in [0.717, 1.165) is 5.56 Å². The van der Waals surface area contributed by atoms with E-state index in [2.05, 4.69) is 10.1 Å². The lowest BCUT2D eigenvalue weighted by Crippen LogP contribution is -1.99. The third kappa shape index (κ3) is 2.46. The SMILES string of the molecule is CCn1nc(C)c2c(C(F)F)cc(-c3ccc(Cl)cc3)nc21. The molecule has 2 aromatic heterocycles. The first-order valence-corrected chi connectivity index (χ1v) is 7.31. The molecule has 0 bridgehead atoms. The van der Waals surface area contributed by atoms with E-state index in [1.54, 1.807) is 35.9 Å². The highest BCUT2D eigenvalue weighted by atomic mass is 35.5. The van der Waals surface area contributed by atoms with Gasteiger partial charge in [-0.15, -0.1) is 0 Å². The Bertz CT molecular complexity index is 826. The van der Waals surface area contributed by atoms with Crippen LogP contribution in [-0.4, -0.2) is 14.8 Å². The van der Waals surface area contributed by atoms with Gasteiger partial charge in [-0.3, -0.25) is 0 Å². The lowest BCUT2D eigenvalue weighted by molar-refractivity contribution is 0.153. The molecule has 0 aliphatic rings. The van der Waals surface area contributed by atoms with Gasteiger partial charge in [0.1, 0.15) is 0 Å². The molecule has 3 nitrogen and oxygen atoms in total. The maximum atomic E-state index is 13.5. The van der Waals surface area contributed by atoms with Gasteiger partial charge in [0.05, 0.1) is 16.8 Å². The maximum Gasteiger partial charge on any atom is 0.264 e. The Balaban J connectivity index is 2.30. The first-order chi connectivity index (χ1) is 10.5. The summed E-state index contributed by atoms with van der Waals surface area (Å²) < 4.78 is 28.6. The van der Waals surface area contributed by atoms with Crippen molar-refractivity contribution in [2.24, 2.45) is 0 Å². The molecule has 0 atom stereocenters. The van der Waals surface area contributed by atoms with E-state index in [4.69, 9.17) is 11.6 Å². The van der Waals surface area contributed by atoms with Crippen LogP contribution in [-0.2, 0) is 6.54 Å². The number of rotatable bonds is 3. The predicted molar refractivity (Wildman–Crippen MR) is 83.3 cm³/mol. The number of halogens is 3. The fourth-order valence-electron chi connectivity index (χ4n) is 2.55. The normalized spacial score (nSPS) is 11.5. The van der Waals surface area contributed by atoms with E-state index in [0.29, 0.717) is 34.0 Å². The van der Waals surface area contributed by atoms with Crippen LogP contribution in [0.25, 0.3) is 22.3 Å².